The largest absolute Gasteiger partial charge is 0.508 e. The number of aromatic hydroxyl groups is 1. The lowest BCUT2D eigenvalue weighted by Gasteiger charge is -2.02. The van der Waals surface area contributed by atoms with Crippen molar-refractivity contribution in [1.29, 1.82) is 0 Å². The number of fused-ring (bicyclic) bond motifs is 1. The Kier molecular flexibility index (Phi) is 1.98. The molecule has 0 aliphatic heterocycles. The summed E-state index contributed by atoms with van der Waals surface area (Å²) in [4.78, 5) is 18.7. The molecule has 0 saturated heterocycles. The average molecular weight is 227 g/mol. The van der Waals surface area contributed by atoms with E-state index >= 15 is 0 Å². The minimum absolute atomic E-state index is 0.111. The van der Waals surface area contributed by atoms with Gasteiger partial charge in [0.05, 0.1) is 11.2 Å². The zero-order valence-electron chi connectivity index (χ0n) is 8.79. The molecule has 3 aromatic rings. The van der Waals surface area contributed by atoms with E-state index in [2.05, 4.69) is 9.97 Å². The molecule has 2 N–H and O–H groups in total. The molecule has 17 heavy (non-hydrogen) atoms. The molecule has 84 valence electrons. The van der Waals surface area contributed by atoms with E-state index in [4.69, 9.17) is 0 Å². The SMILES string of the molecule is O=c1[nH]c2cccnc2n1-c1cccc(O)c1. The van der Waals surface area contributed by atoms with Crippen molar-refractivity contribution in [1.82, 2.24) is 14.5 Å². The van der Waals surface area contributed by atoms with Gasteiger partial charge in [-0.05, 0) is 24.3 Å². The van der Waals surface area contributed by atoms with Crippen LogP contribution in [0.4, 0.5) is 0 Å². The molecule has 0 spiro atoms. The van der Waals surface area contributed by atoms with E-state index in [0.717, 1.165) is 0 Å². The Morgan fingerprint density at radius 2 is 2.12 bits per heavy atom. The number of hydrogen-bond acceptors (Lipinski definition) is 3. The van der Waals surface area contributed by atoms with Crippen molar-refractivity contribution in [3.05, 3.63) is 53.1 Å². The molecule has 0 aliphatic rings. The molecule has 0 amide bonds. The average Bonchev–Trinajstić information content (AvgIpc) is 2.64. The van der Waals surface area contributed by atoms with Crippen LogP contribution >= 0.6 is 0 Å². The van der Waals surface area contributed by atoms with Crippen LogP contribution in [-0.4, -0.2) is 19.6 Å². The number of benzene rings is 1. The Hall–Kier alpha value is -2.56. The number of nitrogens with one attached hydrogen (secondary N) is 1. The van der Waals surface area contributed by atoms with Gasteiger partial charge in [-0.15, -0.1) is 0 Å². The summed E-state index contributed by atoms with van der Waals surface area (Å²) >= 11 is 0. The molecule has 2 aromatic heterocycles. The van der Waals surface area contributed by atoms with Gasteiger partial charge in [-0.2, -0.15) is 0 Å². The van der Waals surface area contributed by atoms with Gasteiger partial charge in [0.1, 0.15) is 5.75 Å². The van der Waals surface area contributed by atoms with E-state index in [0.29, 0.717) is 16.9 Å². The lowest BCUT2D eigenvalue weighted by molar-refractivity contribution is 0.475. The van der Waals surface area contributed by atoms with E-state index in [9.17, 15) is 9.90 Å². The highest BCUT2D eigenvalue weighted by atomic mass is 16.3. The summed E-state index contributed by atoms with van der Waals surface area (Å²) in [6.07, 6.45) is 1.62. The lowest BCUT2D eigenvalue weighted by Crippen LogP contribution is -2.14. The smallest absolute Gasteiger partial charge is 0.332 e. The Bertz CT molecular complexity index is 743. The summed E-state index contributed by atoms with van der Waals surface area (Å²) in [6.45, 7) is 0. The molecule has 0 bridgehead atoms. The zero-order valence-corrected chi connectivity index (χ0v) is 8.79. The zero-order chi connectivity index (χ0) is 11.8. The molecular formula is C12H9N3O2. The molecule has 0 aliphatic carbocycles. The maximum absolute atomic E-state index is 11.8. The third-order valence-electron chi connectivity index (χ3n) is 2.53. The molecule has 0 unspecified atom stereocenters. The van der Waals surface area contributed by atoms with Crippen molar-refractivity contribution in [3.8, 4) is 11.4 Å². The van der Waals surface area contributed by atoms with Crippen molar-refractivity contribution < 1.29 is 5.11 Å². The first-order valence-electron chi connectivity index (χ1n) is 5.11. The summed E-state index contributed by atoms with van der Waals surface area (Å²) < 4.78 is 1.43. The quantitative estimate of drug-likeness (QED) is 0.660. The van der Waals surface area contributed by atoms with Gasteiger partial charge < -0.3 is 10.1 Å². The number of phenols is 1. The predicted octanol–water partition coefficient (Wildman–Crippen LogP) is 1.42. The van der Waals surface area contributed by atoms with E-state index in [1.165, 1.54) is 10.6 Å². The minimum atomic E-state index is -0.274. The normalized spacial score (nSPS) is 10.8. The number of aromatic nitrogens is 3. The van der Waals surface area contributed by atoms with Crippen LogP contribution in [0.2, 0.25) is 0 Å². The fourth-order valence-electron chi connectivity index (χ4n) is 1.81. The molecule has 2 heterocycles. The Morgan fingerprint density at radius 3 is 2.94 bits per heavy atom. The van der Waals surface area contributed by atoms with Crippen LogP contribution in [0, 0.1) is 0 Å². The third-order valence-corrected chi connectivity index (χ3v) is 2.53. The number of pyridine rings is 1. The van der Waals surface area contributed by atoms with Gasteiger partial charge in [-0.1, -0.05) is 6.07 Å². The van der Waals surface area contributed by atoms with Gasteiger partial charge in [0.15, 0.2) is 5.65 Å². The monoisotopic (exact) mass is 227 g/mol. The van der Waals surface area contributed by atoms with Gasteiger partial charge in [0, 0.05) is 12.3 Å². The van der Waals surface area contributed by atoms with Crippen molar-refractivity contribution in [2.24, 2.45) is 0 Å². The van der Waals surface area contributed by atoms with Crippen molar-refractivity contribution in [2.75, 3.05) is 0 Å². The standard InChI is InChI=1S/C12H9N3O2/c16-9-4-1-3-8(7-9)15-11-10(14-12(15)17)5-2-6-13-11/h1-7,16H,(H,14,17). The number of aromatic amines is 1. The first-order chi connectivity index (χ1) is 8.25. The van der Waals surface area contributed by atoms with Crippen LogP contribution in [0.1, 0.15) is 0 Å². The summed E-state index contributed by atoms with van der Waals surface area (Å²) in [7, 11) is 0. The van der Waals surface area contributed by atoms with E-state index < -0.39 is 0 Å². The summed E-state index contributed by atoms with van der Waals surface area (Å²) in [5.41, 5.74) is 1.52. The number of imidazole rings is 1. The maximum atomic E-state index is 11.8. The predicted molar refractivity (Wildman–Crippen MR) is 63.4 cm³/mol. The molecule has 5 heteroatoms. The molecular weight excluding hydrogens is 218 g/mol. The number of nitrogens with zero attached hydrogens (tertiary/aromatic N) is 2. The fourth-order valence-corrected chi connectivity index (χ4v) is 1.81. The lowest BCUT2D eigenvalue weighted by atomic mass is 10.3. The summed E-state index contributed by atoms with van der Waals surface area (Å²) in [5.74, 6) is 0.111. The summed E-state index contributed by atoms with van der Waals surface area (Å²) in [6, 6.07) is 10.0. The number of H-pyrrole nitrogens is 1. The Balaban J connectivity index is 2.37. The number of rotatable bonds is 1. The maximum Gasteiger partial charge on any atom is 0.332 e. The molecule has 1 aromatic carbocycles. The second-order valence-electron chi connectivity index (χ2n) is 3.66. The van der Waals surface area contributed by atoms with Gasteiger partial charge in [-0.3, -0.25) is 0 Å². The Morgan fingerprint density at radius 1 is 1.24 bits per heavy atom. The minimum Gasteiger partial charge on any atom is -0.508 e. The highest BCUT2D eigenvalue weighted by molar-refractivity contribution is 5.72. The molecule has 0 atom stereocenters. The molecule has 0 saturated carbocycles. The van der Waals surface area contributed by atoms with Crippen LogP contribution < -0.4 is 5.69 Å². The molecule has 5 nitrogen and oxygen atoms in total. The fraction of sp³-hybridized carbons (Fsp3) is 0. The van der Waals surface area contributed by atoms with Gasteiger partial charge >= 0.3 is 5.69 Å². The molecule has 0 fully saturated rings. The van der Waals surface area contributed by atoms with Crippen LogP contribution in [0.5, 0.6) is 5.75 Å². The Labute approximate surface area is 96.0 Å². The molecule has 3 rings (SSSR count). The van der Waals surface area contributed by atoms with E-state index in [1.807, 2.05) is 0 Å². The van der Waals surface area contributed by atoms with Gasteiger partial charge in [-0.25, -0.2) is 14.3 Å². The summed E-state index contributed by atoms with van der Waals surface area (Å²) in [5, 5.41) is 9.43. The van der Waals surface area contributed by atoms with Crippen LogP contribution in [0.3, 0.4) is 0 Å². The van der Waals surface area contributed by atoms with Crippen molar-refractivity contribution in [3.63, 3.8) is 0 Å². The van der Waals surface area contributed by atoms with E-state index in [1.54, 1.807) is 36.5 Å². The first kappa shape index (κ1) is 9.65. The first-order valence-corrected chi connectivity index (χ1v) is 5.11. The highest BCUT2D eigenvalue weighted by Gasteiger charge is 2.09. The third kappa shape index (κ3) is 1.48. The van der Waals surface area contributed by atoms with E-state index in [-0.39, 0.29) is 11.4 Å². The van der Waals surface area contributed by atoms with Gasteiger partial charge in [0.25, 0.3) is 0 Å². The second kappa shape index (κ2) is 3.48. The van der Waals surface area contributed by atoms with Crippen LogP contribution in [0.15, 0.2) is 47.4 Å². The van der Waals surface area contributed by atoms with Crippen LogP contribution in [-0.2, 0) is 0 Å². The van der Waals surface area contributed by atoms with Gasteiger partial charge in [0.2, 0.25) is 0 Å². The topological polar surface area (TPSA) is 70.9 Å². The number of hydrogen-bond donors (Lipinski definition) is 2. The highest BCUT2D eigenvalue weighted by Crippen LogP contribution is 2.17. The number of phenolic OH excluding ortho intramolecular Hbond substituents is 1. The van der Waals surface area contributed by atoms with Crippen LogP contribution in [0.25, 0.3) is 16.9 Å². The van der Waals surface area contributed by atoms with Crippen molar-refractivity contribution in [2.45, 2.75) is 0 Å². The van der Waals surface area contributed by atoms with Crippen molar-refractivity contribution >= 4 is 11.2 Å². The second-order valence-corrected chi connectivity index (χ2v) is 3.66. The molecule has 0 radical (unpaired) electrons.